The van der Waals surface area contributed by atoms with Crippen molar-refractivity contribution in [3.8, 4) is 0 Å². The van der Waals surface area contributed by atoms with Gasteiger partial charge in [0.25, 0.3) is 0 Å². The molecule has 1 unspecified atom stereocenters. The second-order valence-electron chi connectivity index (χ2n) is 5.35. The van der Waals surface area contributed by atoms with E-state index < -0.39 is 17.6 Å². The largest absolute Gasteiger partial charge is 0.359 e. The van der Waals surface area contributed by atoms with Crippen LogP contribution < -0.4 is 0 Å². The average Bonchev–Trinajstić information content (AvgIpc) is 3.09. The Balaban J connectivity index is 2.15. The number of benzene rings is 1. The second-order valence-corrected chi connectivity index (χ2v) is 6.96. The van der Waals surface area contributed by atoms with Gasteiger partial charge in [-0.15, -0.1) is 11.8 Å². The number of aromatic amines is 1. The van der Waals surface area contributed by atoms with Crippen LogP contribution in [0.15, 0.2) is 35.1 Å². The zero-order valence-corrected chi connectivity index (χ0v) is 15.4. The maximum atomic E-state index is 14.6. The van der Waals surface area contributed by atoms with Crippen LogP contribution in [0, 0.1) is 17.0 Å². The van der Waals surface area contributed by atoms with Gasteiger partial charge in [-0.3, -0.25) is 10.4 Å². The Morgan fingerprint density at radius 1 is 1.33 bits per heavy atom. The number of aromatic nitrogens is 2. The summed E-state index contributed by atoms with van der Waals surface area (Å²) >= 11 is 4.70. The van der Waals surface area contributed by atoms with Gasteiger partial charge in [0.2, 0.25) is 0 Å². The van der Waals surface area contributed by atoms with Crippen LogP contribution in [-0.4, -0.2) is 21.3 Å². The van der Waals surface area contributed by atoms with Crippen LogP contribution >= 0.6 is 27.7 Å². The van der Waals surface area contributed by atoms with E-state index in [2.05, 4.69) is 25.9 Å². The molecular weight excluding hydrogens is 396 g/mol. The highest BCUT2D eigenvalue weighted by Crippen LogP contribution is 2.38. The fraction of sp³-hybridized carbons (Fsp3) is 0.176. The van der Waals surface area contributed by atoms with E-state index in [4.69, 9.17) is 5.41 Å². The molecule has 0 bridgehead atoms. The van der Waals surface area contributed by atoms with Crippen LogP contribution in [0.1, 0.15) is 29.7 Å². The lowest BCUT2D eigenvalue weighted by molar-refractivity contribution is 0.501. The number of halogens is 3. The molecule has 0 aliphatic rings. The predicted octanol–water partition coefficient (Wildman–Crippen LogP) is 5.44. The number of H-pyrrole nitrogens is 1. The SMILES string of the molecule is CSC(=N)c1cc(C(C)c2c(F)c(F)c3[nH]ccc3c2Br)ccn1. The summed E-state index contributed by atoms with van der Waals surface area (Å²) in [5.41, 5.74) is 1.70. The molecule has 124 valence electrons. The molecule has 0 saturated carbocycles. The summed E-state index contributed by atoms with van der Waals surface area (Å²) in [5, 5.41) is 8.81. The average molecular weight is 410 g/mol. The second kappa shape index (κ2) is 6.64. The van der Waals surface area contributed by atoms with Crippen LogP contribution in [0.4, 0.5) is 8.78 Å². The van der Waals surface area contributed by atoms with Gasteiger partial charge in [0, 0.05) is 33.7 Å². The van der Waals surface area contributed by atoms with Crippen LogP contribution in [0.2, 0.25) is 0 Å². The number of hydrogen-bond acceptors (Lipinski definition) is 3. The van der Waals surface area contributed by atoms with Gasteiger partial charge in [-0.25, -0.2) is 8.78 Å². The van der Waals surface area contributed by atoms with E-state index in [9.17, 15) is 8.78 Å². The van der Waals surface area contributed by atoms with Crippen molar-refractivity contribution in [2.45, 2.75) is 12.8 Å². The van der Waals surface area contributed by atoms with Crippen molar-refractivity contribution in [1.82, 2.24) is 9.97 Å². The molecule has 3 aromatic rings. The van der Waals surface area contributed by atoms with Gasteiger partial charge < -0.3 is 4.98 Å². The summed E-state index contributed by atoms with van der Waals surface area (Å²) in [6.45, 7) is 1.81. The van der Waals surface area contributed by atoms with Crippen molar-refractivity contribution in [3.63, 3.8) is 0 Å². The molecule has 2 N–H and O–H groups in total. The van der Waals surface area contributed by atoms with Crippen LogP contribution in [0.3, 0.4) is 0 Å². The van der Waals surface area contributed by atoms with Crippen molar-refractivity contribution in [2.24, 2.45) is 0 Å². The van der Waals surface area contributed by atoms with E-state index in [-0.39, 0.29) is 11.1 Å². The van der Waals surface area contributed by atoms with Gasteiger partial charge in [0.1, 0.15) is 5.04 Å². The first-order valence-electron chi connectivity index (χ1n) is 7.18. The quantitative estimate of drug-likeness (QED) is 0.343. The Labute approximate surface area is 150 Å². The van der Waals surface area contributed by atoms with Gasteiger partial charge in [-0.1, -0.05) is 6.92 Å². The van der Waals surface area contributed by atoms with Crippen LogP contribution in [0.5, 0.6) is 0 Å². The molecule has 2 heterocycles. The van der Waals surface area contributed by atoms with Crippen molar-refractivity contribution in [2.75, 3.05) is 6.26 Å². The van der Waals surface area contributed by atoms with Gasteiger partial charge in [0.05, 0.1) is 11.2 Å². The summed E-state index contributed by atoms with van der Waals surface area (Å²) in [6, 6.07) is 5.21. The van der Waals surface area contributed by atoms with Gasteiger partial charge >= 0.3 is 0 Å². The molecule has 0 radical (unpaired) electrons. The van der Waals surface area contributed by atoms with Crippen molar-refractivity contribution < 1.29 is 8.78 Å². The molecule has 3 nitrogen and oxygen atoms in total. The lowest BCUT2D eigenvalue weighted by Gasteiger charge is -2.17. The Hall–Kier alpha value is -1.73. The maximum absolute atomic E-state index is 14.6. The highest BCUT2D eigenvalue weighted by Gasteiger charge is 2.24. The fourth-order valence-corrected chi connectivity index (χ4v) is 3.86. The molecule has 0 fully saturated rings. The first-order chi connectivity index (χ1) is 11.5. The molecule has 0 spiro atoms. The van der Waals surface area contributed by atoms with Crippen molar-refractivity contribution >= 4 is 43.6 Å². The first-order valence-corrected chi connectivity index (χ1v) is 9.19. The molecule has 24 heavy (non-hydrogen) atoms. The smallest absolute Gasteiger partial charge is 0.183 e. The van der Waals surface area contributed by atoms with Gasteiger partial charge in [0.15, 0.2) is 11.6 Å². The van der Waals surface area contributed by atoms with E-state index in [0.29, 0.717) is 20.6 Å². The summed E-state index contributed by atoms with van der Waals surface area (Å²) in [5.74, 6) is -2.15. The molecular formula is C17H14BrF2N3S. The normalized spacial score (nSPS) is 12.5. The van der Waals surface area contributed by atoms with Gasteiger partial charge in [-0.05, 0) is 45.9 Å². The van der Waals surface area contributed by atoms with Crippen LogP contribution in [0.25, 0.3) is 10.9 Å². The minimum absolute atomic E-state index is 0.148. The number of thioether (sulfide) groups is 1. The highest BCUT2D eigenvalue weighted by atomic mass is 79.9. The highest BCUT2D eigenvalue weighted by molar-refractivity contribution is 9.10. The van der Waals surface area contributed by atoms with E-state index in [1.807, 2.05) is 6.92 Å². The molecule has 0 aliphatic carbocycles. The molecule has 0 aliphatic heterocycles. The Bertz CT molecular complexity index is 939. The minimum Gasteiger partial charge on any atom is -0.359 e. The zero-order chi connectivity index (χ0) is 17.4. The molecule has 1 atom stereocenters. The molecule has 2 aromatic heterocycles. The number of nitrogens with one attached hydrogen (secondary N) is 2. The van der Waals surface area contributed by atoms with Crippen molar-refractivity contribution in [3.05, 3.63) is 63.5 Å². The van der Waals surface area contributed by atoms with E-state index in [0.717, 1.165) is 5.56 Å². The number of pyridine rings is 1. The minimum atomic E-state index is -0.883. The lowest BCUT2D eigenvalue weighted by Crippen LogP contribution is -2.06. The Morgan fingerprint density at radius 2 is 2.08 bits per heavy atom. The molecule has 7 heteroatoms. The topological polar surface area (TPSA) is 52.5 Å². The van der Waals surface area contributed by atoms with Gasteiger partial charge in [-0.2, -0.15) is 0 Å². The van der Waals surface area contributed by atoms with Crippen molar-refractivity contribution in [1.29, 1.82) is 5.41 Å². The standard InChI is InChI=1S/C17H14BrF2N3S/c1-8(9-3-5-22-11(7-9)17(21)24-2)12-13(18)10-4-6-23-16(10)15(20)14(12)19/h3-8,21,23H,1-2H3. The summed E-state index contributed by atoms with van der Waals surface area (Å²) in [6.07, 6.45) is 4.96. The zero-order valence-electron chi connectivity index (χ0n) is 13.0. The summed E-state index contributed by atoms with van der Waals surface area (Å²) < 4.78 is 29.5. The third kappa shape index (κ3) is 2.75. The molecule has 0 amide bonds. The summed E-state index contributed by atoms with van der Waals surface area (Å²) in [7, 11) is 0. The van der Waals surface area contributed by atoms with E-state index in [1.54, 1.807) is 36.8 Å². The number of hydrogen-bond donors (Lipinski definition) is 2. The maximum Gasteiger partial charge on any atom is 0.183 e. The third-order valence-corrected chi connectivity index (χ3v) is 5.49. The molecule has 1 aromatic carbocycles. The molecule has 0 saturated heterocycles. The number of fused-ring (bicyclic) bond motifs is 1. The molecule has 3 rings (SSSR count). The van der Waals surface area contributed by atoms with Crippen LogP contribution in [-0.2, 0) is 0 Å². The first kappa shape index (κ1) is 17.1. The third-order valence-electron chi connectivity index (χ3n) is 4.02. The monoisotopic (exact) mass is 409 g/mol. The fourth-order valence-electron chi connectivity index (χ4n) is 2.70. The summed E-state index contributed by atoms with van der Waals surface area (Å²) in [4.78, 5) is 6.88. The number of rotatable bonds is 3. The predicted molar refractivity (Wildman–Crippen MR) is 98.0 cm³/mol. The van der Waals surface area contributed by atoms with E-state index >= 15 is 0 Å². The van der Waals surface area contributed by atoms with E-state index in [1.165, 1.54) is 11.8 Å². The Morgan fingerprint density at radius 3 is 2.79 bits per heavy atom. The Kier molecular flexibility index (Phi) is 4.73. The number of nitrogens with zero attached hydrogens (tertiary/aromatic N) is 1. The lowest BCUT2D eigenvalue weighted by atomic mass is 9.92.